The summed E-state index contributed by atoms with van der Waals surface area (Å²) in [5.41, 5.74) is 1.66. The number of aromatic nitrogens is 2. The minimum absolute atomic E-state index is 0.0874. The second-order valence-corrected chi connectivity index (χ2v) is 5.46. The molecule has 1 aliphatic carbocycles. The summed E-state index contributed by atoms with van der Waals surface area (Å²) in [5.74, 6) is -0.533. The number of amides is 2. The van der Waals surface area contributed by atoms with Gasteiger partial charge in [-0.2, -0.15) is 5.10 Å². The van der Waals surface area contributed by atoms with Crippen LogP contribution in [-0.4, -0.2) is 33.4 Å². The summed E-state index contributed by atoms with van der Waals surface area (Å²) >= 11 is 0. The molecule has 116 valence electrons. The number of carbonyl (C=O) groups excluding carboxylic acids is 1. The van der Waals surface area contributed by atoms with Crippen molar-refractivity contribution in [3.05, 3.63) is 11.9 Å². The molecule has 2 amide bonds. The monoisotopic (exact) mass is 294 g/mol. The highest BCUT2D eigenvalue weighted by Gasteiger charge is 2.22. The number of rotatable bonds is 5. The smallest absolute Gasteiger partial charge is 0.319 e. The third-order valence-electron chi connectivity index (χ3n) is 3.72. The fourth-order valence-electron chi connectivity index (χ4n) is 2.73. The molecule has 1 fully saturated rings. The summed E-state index contributed by atoms with van der Waals surface area (Å²) in [5, 5.41) is 18.3. The molecular weight excluding hydrogens is 272 g/mol. The van der Waals surface area contributed by atoms with E-state index in [1.165, 1.54) is 19.3 Å². The number of nitrogens with zero attached hydrogens (tertiary/aromatic N) is 2. The van der Waals surface area contributed by atoms with Gasteiger partial charge >= 0.3 is 12.0 Å². The lowest BCUT2D eigenvalue weighted by molar-refractivity contribution is -0.136. The number of urea groups is 1. The molecule has 0 bridgehead atoms. The molecule has 1 aliphatic rings. The molecule has 7 nitrogen and oxygen atoms in total. The minimum Gasteiger partial charge on any atom is -0.481 e. The zero-order valence-corrected chi connectivity index (χ0v) is 12.3. The van der Waals surface area contributed by atoms with Crippen LogP contribution >= 0.6 is 0 Å². The highest BCUT2D eigenvalue weighted by molar-refractivity contribution is 5.90. The van der Waals surface area contributed by atoms with E-state index in [-0.39, 0.29) is 19.0 Å². The first kappa shape index (κ1) is 15.3. The van der Waals surface area contributed by atoms with Crippen LogP contribution in [0.5, 0.6) is 0 Å². The van der Waals surface area contributed by atoms with E-state index in [2.05, 4.69) is 15.7 Å². The van der Waals surface area contributed by atoms with Crippen LogP contribution in [0.2, 0.25) is 0 Å². The van der Waals surface area contributed by atoms with Crippen LogP contribution in [0.3, 0.4) is 0 Å². The van der Waals surface area contributed by atoms with Crippen molar-refractivity contribution in [2.75, 3.05) is 11.9 Å². The van der Waals surface area contributed by atoms with E-state index in [9.17, 15) is 9.59 Å². The average molecular weight is 294 g/mol. The molecule has 0 unspecified atom stereocenters. The second kappa shape index (κ2) is 7.10. The molecule has 3 N–H and O–H groups in total. The zero-order valence-electron chi connectivity index (χ0n) is 12.3. The first-order chi connectivity index (χ1) is 10.1. The van der Waals surface area contributed by atoms with E-state index < -0.39 is 5.97 Å². The maximum Gasteiger partial charge on any atom is 0.319 e. The van der Waals surface area contributed by atoms with Crippen molar-refractivity contribution in [3.8, 4) is 0 Å². The highest BCUT2D eigenvalue weighted by Crippen LogP contribution is 2.35. The standard InChI is InChI=1S/C14H22N4O3/c1-18-9-11(16-14(21)15-8-7-12(19)20)13(17-18)10-5-3-2-4-6-10/h9-10H,2-8H2,1H3,(H,19,20)(H2,15,16,21). The number of nitrogens with one attached hydrogen (secondary N) is 2. The Bertz CT molecular complexity index is 506. The molecule has 0 atom stereocenters. The Kier molecular flexibility index (Phi) is 5.19. The quantitative estimate of drug-likeness (QED) is 0.774. The lowest BCUT2D eigenvalue weighted by atomic mass is 9.86. The SMILES string of the molecule is Cn1cc(NC(=O)NCCC(=O)O)c(C2CCCCC2)n1. The number of carboxylic acid groups (broad SMARTS) is 1. The number of hydrogen-bond donors (Lipinski definition) is 3. The highest BCUT2D eigenvalue weighted by atomic mass is 16.4. The number of carbonyl (C=O) groups is 2. The maximum absolute atomic E-state index is 11.8. The van der Waals surface area contributed by atoms with Crippen LogP contribution in [0.4, 0.5) is 10.5 Å². The number of aryl methyl sites for hydroxylation is 1. The first-order valence-corrected chi connectivity index (χ1v) is 7.36. The molecule has 2 rings (SSSR count). The Hall–Kier alpha value is -2.05. The molecule has 0 spiro atoms. The predicted octanol–water partition coefficient (Wildman–Crippen LogP) is 2.06. The molecule has 0 aromatic carbocycles. The van der Waals surface area contributed by atoms with Gasteiger partial charge in [0, 0.05) is 25.7 Å². The van der Waals surface area contributed by atoms with E-state index >= 15 is 0 Å². The summed E-state index contributed by atoms with van der Waals surface area (Å²) in [6.45, 7) is 0.111. The minimum atomic E-state index is -0.931. The fourth-order valence-corrected chi connectivity index (χ4v) is 2.73. The predicted molar refractivity (Wildman–Crippen MR) is 78.3 cm³/mol. The van der Waals surface area contributed by atoms with Crippen LogP contribution in [-0.2, 0) is 11.8 Å². The third-order valence-corrected chi connectivity index (χ3v) is 3.72. The topological polar surface area (TPSA) is 96.2 Å². The summed E-state index contributed by atoms with van der Waals surface area (Å²) in [7, 11) is 1.83. The normalized spacial score (nSPS) is 15.7. The van der Waals surface area contributed by atoms with Gasteiger partial charge in [-0.15, -0.1) is 0 Å². The second-order valence-electron chi connectivity index (χ2n) is 5.46. The molecule has 1 aromatic heterocycles. The van der Waals surface area contributed by atoms with Crippen molar-refractivity contribution >= 4 is 17.7 Å². The van der Waals surface area contributed by atoms with E-state index in [0.717, 1.165) is 24.2 Å². The van der Waals surface area contributed by atoms with Crippen LogP contribution in [0, 0.1) is 0 Å². The average Bonchev–Trinajstić information content (AvgIpc) is 2.80. The third kappa shape index (κ3) is 4.47. The molecule has 1 aromatic rings. The molecule has 1 saturated carbocycles. The number of hydrogen-bond acceptors (Lipinski definition) is 3. The first-order valence-electron chi connectivity index (χ1n) is 7.36. The number of anilines is 1. The lowest BCUT2D eigenvalue weighted by Crippen LogP contribution is -2.30. The van der Waals surface area contributed by atoms with Crippen molar-refractivity contribution in [3.63, 3.8) is 0 Å². The van der Waals surface area contributed by atoms with Gasteiger partial charge in [0.1, 0.15) is 0 Å². The van der Waals surface area contributed by atoms with Gasteiger partial charge in [-0.05, 0) is 12.8 Å². The van der Waals surface area contributed by atoms with E-state index in [0.29, 0.717) is 5.92 Å². The van der Waals surface area contributed by atoms with Crippen LogP contribution in [0.1, 0.15) is 50.1 Å². The Balaban J connectivity index is 1.95. The van der Waals surface area contributed by atoms with Gasteiger partial charge in [-0.3, -0.25) is 9.48 Å². The lowest BCUT2D eigenvalue weighted by Gasteiger charge is -2.20. The van der Waals surface area contributed by atoms with Gasteiger partial charge in [0.15, 0.2) is 0 Å². The maximum atomic E-state index is 11.8. The molecule has 0 saturated heterocycles. The Morgan fingerprint density at radius 1 is 1.38 bits per heavy atom. The Morgan fingerprint density at radius 2 is 2.10 bits per heavy atom. The largest absolute Gasteiger partial charge is 0.481 e. The molecule has 7 heteroatoms. The molecule has 0 radical (unpaired) electrons. The Morgan fingerprint density at radius 3 is 2.76 bits per heavy atom. The van der Waals surface area contributed by atoms with Crippen LogP contribution in [0.25, 0.3) is 0 Å². The molecular formula is C14H22N4O3. The van der Waals surface area contributed by atoms with E-state index in [1.807, 2.05) is 7.05 Å². The van der Waals surface area contributed by atoms with Gasteiger partial charge in [0.05, 0.1) is 17.8 Å². The number of aliphatic carboxylic acids is 1. The van der Waals surface area contributed by atoms with Crippen LogP contribution < -0.4 is 10.6 Å². The summed E-state index contributed by atoms with van der Waals surface area (Å²) < 4.78 is 1.71. The van der Waals surface area contributed by atoms with Gasteiger partial charge in [0.2, 0.25) is 0 Å². The van der Waals surface area contributed by atoms with E-state index in [4.69, 9.17) is 5.11 Å². The van der Waals surface area contributed by atoms with E-state index in [1.54, 1.807) is 10.9 Å². The molecule has 1 heterocycles. The molecule has 21 heavy (non-hydrogen) atoms. The van der Waals surface area contributed by atoms with Gasteiger partial charge < -0.3 is 15.7 Å². The summed E-state index contributed by atoms with van der Waals surface area (Å²) in [6.07, 6.45) is 7.58. The fraction of sp³-hybridized carbons (Fsp3) is 0.643. The van der Waals surface area contributed by atoms with Crippen molar-refractivity contribution in [2.45, 2.75) is 44.4 Å². The van der Waals surface area contributed by atoms with Crippen LogP contribution in [0.15, 0.2) is 6.20 Å². The van der Waals surface area contributed by atoms with Gasteiger partial charge in [-0.25, -0.2) is 4.79 Å². The molecule has 0 aliphatic heterocycles. The zero-order chi connectivity index (χ0) is 15.2. The summed E-state index contributed by atoms with van der Waals surface area (Å²) in [4.78, 5) is 22.2. The Labute approximate surface area is 123 Å². The van der Waals surface area contributed by atoms with Gasteiger partial charge in [-0.1, -0.05) is 19.3 Å². The van der Waals surface area contributed by atoms with Crippen molar-refractivity contribution in [1.29, 1.82) is 0 Å². The summed E-state index contributed by atoms with van der Waals surface area (Å²) in [6, 6.07) is -0.388. The van der Waals surface area contributed by atoms with Crippen molar-refractivity contribution in [1.82, 2.24) is 15.1 Å². The number of carboxylic acids is 1. The van der Waals surface area contributed by atoms with Crippen molar-refractivity contribution in [2.24, 2.45) is 7.05 Å². The van der Waals surface area contributed by atoms with Crippen molar-refractivity contribution < 1.29 is 14.7 Å². The van der Waals surface area contributed by atoms with Gasteiger partial charge in [0.25, 0.3) is 0 Å².